The van der Waals surface area contributed by atoms with Gasteiger partial charge < -0.3 is 10.2 Å². The summed E-state index contributed by atoms with van der Waals surface area (Å²) in [6.07, 6.45) is 10.3. The van der Waals surface area contributed by atoms with E-state index in [0.29, 0.717) is 18.4 Å². The quantitative estimate of drug-likeness (QED) is 0.859. The van der Waals surface area contributed by atoms with Gasteiger partial charge in [0.2, 0.25) is 5.91 Å². The van der Waals surface area contributed by atoms with Crippen molar-refractivity contribution < 1.29 is 4.79 Å². The van der Waals surface area contributed by atoms with E-state index in [1.807, 2.05) is 0 Å². The number of carbonyl (C=O) groups excluding carboxylic acids is 1. The summed E-state index contributed by atoms with van der Waals surface area (Å²) >= 11 is 0. The Hall–Kier alpha value is -0.610. The van der Waals surface area contributed by atoms with Crippen LogP contribution in [0.5, 0.6) is 0 Å². The van der Waals surface area contributed by atoms with Gasteiger partial charge in [-0.3, -0.25) is 9.69 Å². The lowest BCUT2D eigenvalue weighted by atomic mass is 9.89. The van der Waals surface area contributed by atoms with E-state index in [2.05, 4.69) is 15.1 Å². The Labute approximate surface area is 129 Å². The molecule has 0 aromatic rings. The summed E-state index contributed by atoms with van der Waals surface area (Å²) in [5.74, 6) is 1.29. The van der Waals surface area contributed by atoms with Crippen LogP contribution in [0.25, 0.3) is 0 Å². The second-order valence-corrected chi connectivity index (χ2v) is 7.18. The molecule has 21 heavy (non-hydrogen) atoms. The van der Waals surface area contributed by atoms with Crippen molar-refractivity contribution in [2.45, 2.75) is 57.4 Å². The van der Waals surface area contributed by atoms with Gasteiger partial charge in [-0.2, -0.15) is 0 Å². The molecule has 0 bridgehead atoms. The molecular formula is C17H31N3O. The zero-order valence-electron chi connectivity index (χ0n) is 13.4. The second kappa shape index (κ2) is 7.59. The Bertz CT molecular complexity index is 327. The molecule has 3 aliphatic rings. The minimum absolute atomic E-state index is 0.367. The Morgan fingerprint density at radius 3 is 2.38 bits per heavy atom. The molecule has 3 fully saturated rings. The highest BCUT2D eigenvalue weighted by atomic mass is 16.2. The predicted octanol–water partition coefficient (Wildman–Crippen LogP) is 1.85. The third-order valence-electron chi connectivity index (χ3n) is 5.55. The summed E-state index contributed by atoms with van der Waals surface area (Å²) in [5.41, 5.74) is 0. The molecule has 1 unspecified atom stereocenters. The minimum Gasteiger partial charge on any atom is -0.340 e. The van der Waals surface area contributed by atoms with Crippen LogP contribution in [0.3, 0.4) is 0 Å². The van der Waals surface area contributed by atoms with Crippen LogP contribution in [0.4, 0.5) is 0 Å². The number of amides is 1. The Morgan fingerprint density at radius 1 is 0.952 bits per heavy atom. The van der Waals surface area contributed by atoms with Crippen LogP contribution in [0.2, 0.25) is 0 Å². The largest absolute Gasteiger partial charge is 0.340 e. The number of piperazine rings is 1. The molecule has 0 spiro atoms. The molecule has 3 rings (SSSR count). The van der Waals surface area contributed by atoms with Crippen LogP contribution in [0, 0.1) is 5.92 Å². The van der Waals surface area contributed by atoms with Crippen molar-refractivity contribution in [1.29, 1.82) is 0 Å². The monoisotopic (exact) mass is 293 g/mol. The van der Waals surface area contributed by atoms with Crippen molar-refractivity contribution in [3.63, 3.8) is 0 Å². The van der Waals surface area contributed by atoms with E-state index in [4.69, 9.17) is 0 Å². The molecular weight excluding hydrogens is 262 g/mol. The van der Waals surface area contributed by atoms with Crippen LogP contribution >= 0.6 is 0 Å². The molecule has 2 aliphatic heterocycles. The Balaban J connectivity index is 1.36. The SMILES string of the molecule is O=C(CC1CCCN1)N1CCN(CC2CCCCC2)CC1. The molecule has 4 nitrogen and oxygen atoms in total. The van der Waals surface area contributed by atoms with Crippen molar-refractivity contribution in [3.8, 4) is 0 Å². The fourth-order valence-corrected chi connectivity index (χ4v) is 4.19. The average molecular weight is 293 g/mol. The lowest BCUT2D eigenvalue weighted by Gasteiger charge is -2.37. The maximum Gasteiger partial charge on any atom is 0.224 e. The van der Waals surface area contributed by atoms with Crippen LogP contribution in [0.1, 0.15) is 51.4 Å². The van der Waals surface area contributed by atoms with E-state index in [1.165, 1.54) is 51.5 Å². The normalized spacial score (nSPS) is 29.0. The van der Waals surface area contributed by atoms with Crippen molar-refractivity contribution in [2.75, 3.05) is 39.3 Å². The first kappa shape index (κ1) is 15.3. The predicted molar refractivity (Wildman–Crippen MR) is 85.2 cm³/mol. The molecule has 0 radical (unpaired) electrons. The molecule has 2 saturated heterocycles. The zero-order valence-corrected chi connectivity index (χ0v) is 13.4. The summed E-state index contributed by atoms with van der Waals surface area (Å²) in [6.45, 7) is 6.41. The third kappa shape index (κ3) is 4.43. The Morgan fingerprint density at radius 2 is 1.71 bits per heavy atom. The summed E-state index contributed by atoms with van der Waals surface area (Å²) in [7, 11) is 0. The maximum atomic E-state index is 12.3. The number of carbonyl (C=O) groups is 1. The molecule has 120 valence electrons. The maximum absolute atomic E-state index is 12.3. The average Bonchev–Trinajstić information content (AvgIpc) is 3.02. The van der Waals surface area contributed by atoms with Gasteiger partial charge in [-0.1, -0.05) is 19.3 Å². The lowest BCUT2D eigenvalue weighted by Crippen LogP contribution is -2.50. The summed E-state index contributed by atoms with van der Waals surface area (Å²) in [5, 5.41) is 3.43. The smallest absolute Gasteiger partial charge is 0.224 e. The van der Waals surface area contributed by atoms with E-state index in [1.54, 1.807) is 0 Å². The highest BCUT2D eigenvalue weighted by Gasteiger charge is 2.26. The van der Waals surface area contributed by atoms with Crippen LogP contribution in [-0.4, -0.2) is 61.0 Å². The molecule has 0 aromatic carbocycles. The summed E-state index contributed by atoms with van der Waals surface area (Å²) in [6, 6.07) is 0.442. The second-order valence-electron chi connectivity index (χ2n) is 7.18. The molecule has 1 amide bonds. The van der Waals surface area contributed by atoms with Gasteiger partial charge >= 0.3 is 0 Å². The molecule has 1 saturated carbocycles. The third-order valence-corrected chi connectivity index (χ3v) is 5.55. The number of hydrogen-bond donors (Lipinski definition) is 1. The van der Waals surface area contributed by atoms with Gasteiger partial charge in [0, 0.05) is 45.2 Å². The number of nitrogens with zero attached hydrogens (tertiary/aromatic N) is 2. The van der Waals surface area contributed by atoms with Gasteiger partial charge in [0.1, 0.15) is 0 Å². The topological polar surface area (TPSA) is 35.6 Å². The van der Waals surface area contributed by atoms with Crippen molar-refractivity contribution in [2.24, 2.45) is 5.92 Å². The van der Waals surface area contributed by atoms with Crippen molar-refractivity contribution >= 4 is 5.91 Å². The van der Waals surface area contributed by atoms with Crippen LogP contribution < -0.4 is 5.32 Å². The summed E-state index contributed by atoms with van der Waals surface area (Å²) in [4.78, 5) is 17.0. The first-order valence-electron chi connectivity index (χ1n) is 9.05. The van der Waals surface area contributed by atoms with Gasteiger partial charge in [0.15, 0.2) is 0 Å². The number of hydrogen-bond acceptors (Lipinski definition) is 3. The molecule has 1 atom stereocenters. The van der Waals surface area contributed by atoms with E-state index >= 15 is 0 Å². The van der Waals surface area contributed by atoms with Crippen LogP contribution in [0.15, 0.2) is 0 Å². The van der Waals surface area contributed by atoms with Crippen LogP contribution in [-0.2, 0) is 4.79 Å². The van der Waals surface area contributed by atoms with E-state index in [9.17, 15) is 4.79 Å². The van der Waals surface area contributed by atoms with Crippen molar-refractivity contribution in [3.05, 3.63) is 0 Å². The van der Waals surface area contributed by atoms with Gasteiger partial charge in [-0.25, -0.2) is 0 Å². The molecule has 0 aromatic heterocycles. The van der Waals surface area contributed by atoms with E-state index < -0.39 is 0 Å². The van der Waals surface area contributed by atoms with Gasteiger partial charge in [0.25, 0.3) is 0 Å². The number of rotatable bonds is 4. The molecule has 2 heterocycles. The van der Waals surface area contributed by atoms with Crippen molar-refractivity contribution in [1.82, 2.24) is 15.1 Å². The first-order chi connectivity index (χ1) is 10.3. The minimum atomic E-state index is 0.367. The summed E-state index contributed by atoms with van der Waals surface area (Å²) < 4.78 is 0. The highest BCUT2D eigenvalue weighted by Crippen LogP contribution is 2.24. The zero-order chi connectivity index (χ0) is 14.5. The lowest BCUT2D eigenvalue weighted by molar-refractivity contribution is -0.133. The van der Waals surface area contributed by atoms with E-state index in [-0.39, 0.29) is 0 Å². The fourth-order valence-electron chi connectivity index (χ4n) is 4.19. The van der Waals surface area contributed by atoms with E-state index in [0.717, 1.165) is 38.6 Å². The fraction of sp³-hybridized carbons (Fsp3) is 0.941. The molecule has 4 heteroatoms. The highest BCUT2D eigenvalue weighted by molar-refractivity contribution is 5.77. The van der Waals surface area contributed by atoms with Gasteiger partial charge in [-0.05, 0) is 38.1 Å². The first-order valence-corrected chi connectivity index (χ1v) is 9.05. The van der Waals surface area contributed by atoms with Gasteiger partial charge in [-0.15, -0.1) is 0 Å². The molecule has 1 aliphatic carbocycles. The standard InChI is InChI=1S/C17H31N3O/c21-17(13-16-7-4-8-18-16)20-11-9-19(10-12-20)14-15-5-2-1-3-6-15/h15-16,18H,1-14H2. The molecule has 1 N–H and O–H groups in total. The number of nitrogens with one attached hydrogen (secondary N) is 1. The Kier molecular flexibility index (Phi) is 5.53. The van der Waals surface area contributed by atoms with Gasteiger partial charge in [0.05, 0.1) is 0 Å².